The molecule has 0 radical (unpaired) electrons. The zero-order valence-electron chi connectivity index (χ0n) is 7.84. The van der Waals surface area contributed by atoms with E-state index in [1.54, 1.807) is 18.2 Å². The number of halogens is 2. The maximum atomic E-state index is 13.2. The lowest BCUT2D eigenvalue weighted by atomic mass is 10.3. The zero-order valence-corrected chi connectivity index (χ0v) is 9.41. The van der Waals surface area contributed by atoms with Crippen molar-refractivity contribution in [1.82, 2.24) is 0 Å². The summed E-state index contributed by atoms with van der Waals surface area (Å²) in [7, 11) is 0. The Hall–Kier alpha value is -1.06. The summed E-state index contributed by atoms with van der Waals surface area (Å²) in [5.74, 6) is -0.236. The minimum absolute atomic E-state index is 0.236. The molecule has 1 N–H and O–H groups in total. The fourth-order valence-corrected chi connectivity index (χ4v) is 2.26. The van der Waals surface area contributed by atoms with Crippen LogP contribution < -0.4 is 5.32 Å². The van der Waals surface area contributed by atoms with Gasteiger partial charge < -0.3 is 5.32 Å². The Morgan fingerprint density at radius 3 is 2.67 bits per heavy atom. The largest absolute Gasteiger partial charge is 0.378 e. The van der Waals surface area contributed by atoms with Crippen LogP contribution in [0, 0.1) is 5.82 Å². The molecule has 0 aliphatic rings. The molecule has 0 saturated heterocycles. The highest BCUT2D eigenvalue weighted by Crippen LogP contribution is 2.22. The molecule has 0 bridgehead atoms. The lowest BCUT2D eigenvalue weighted by Gasteiger charge is -2.05. The highest BCUT2D eigenvalue weighted by Gasteiger charge is 2.01. The molecule has 4 heteroatoms. The minimum atomic E-state index is -0.236. The third-order valence-corrected chi connectivity index (χ3v) is 3.19. The Morgan fingerprint density at radius 2 is 2.00 bits per heavy atom. The summed E-state index contributed by atoms with van der Waals surface area (Å²) in [5, 5.41) is 3.02. The Kier molecular flexibility index (Phi) is 3.23. The quantitative estimate of drug-likeness (QED) is 0.851. The molecule has 0 unspecified atom stereocenters. The summed E-state index contributed by atoms with van der Waals surface area (Å²) in [5.41, 5.74) is 0.516. The van der Waals surface area contributed by atoms with Crippen molar-refractivity contribution in [1.29, 1.82) is 0 Å². The molecule has 0 aliphatic heterocycles. The molecular weight excluding hydrogens is 233 g/mol. The van der Waals surface area contributed by atoms with Crippen LogP contribution in [-0.2, 0) is 6.54 Å². The second-order valence-corrected chi connectivity index (χ2v) is 4.84. The van der Waals surface area contributed by atoms with Gasteiger partial charge in [0.1, 0.15) is 5.82 Å². The summed E-state index contributed by atoms with van der Waals surface area (Å²) < 4.78 is 14.0. The maximum Gasteiger partial charge on any atom is 0.146 e. The third kappa shape index (κ3) is 2.70. The Labute approximate surface area is 96.5 Å². The molecule has 0 aliphatic carbocycles. The second-order valence-electron chi connectivity index (χ2n) is 3.04. The van der Waals surface area contributed by atoms with Gasteiger partial charge in [0.25, 0.3) is 0 Å². The number of hydrogen-bond acceptors (Lipinski definition) is 2. The van der Waals surface area contributed by atoms with Gasteiger partial charge in [-0.05, 0) is 24.3 Å². The Morgan fingerprint density at radius 1 is 1.20 bits per heavy atom. The van der Waals surface area contributed by atoms with Gasteiger partial charge in [0.15, 0.2) is 0 Å². The first kappa shape index (κ1) is 10.5. The maximum absolute atomic E-state index is 13.2. The summed E-state index contributed by atoms with van der Waals surface area (Å²) in [4.78, 5) is 1.09. The molecule has 0 saturated carbocycles. The third-order valence-electron chi connectivity index (χ3n) is 1.96. The number of anilines is 1. The molecule has 1 aromatic heterocycles. The molecule has 2 aromatic rings. The van der Waals surface area contributed by atoms with Gasteiger partial charge in [-0.3, -0.25) is 0 Å². The normalized spacial score (nSPS) is 10.3. The van der Waals surface area contributed by atoms with Crippen LogP contribution in [0.2, 0.25) is 4.34 Å². The zero-order chi connectivity index (χ0) is 10.7. The number of rotatable bonds is 3. The summed E-state index contributed by atoms with van der Waals surface area (Å²) in [6.45, 7) is 0.596. The van der Waals surface area contributed by atoms with Gasteiger partial charge in [0, 0.05) is 11.4 Å². The topological polar surface area (TPSA) is 12.0 Å². The molecule has 0 spiro atoms. The highest BCUT2D eigenvalue weighted by molar-refractivity contribution is 7.16. The highest BCUT2D eigenvalue weighted by atomic mass is 35.5. The van der Waals surface area contributed by atoms with E-state index in [0.717, 1.165) is 9.21 Å². The molecule has 2 rings (SSSR count). The van der Waals surface area contributed by atoms with Crippen LogP contribution >= 0.6 is 22.9 Å². The predicted molar refractivity (Wildman–Crippen MR) is 63.1 cm³/mol. The second kappa shape index (κ2) is 4.64. The van der Waals surface area contributed by atoms with Crippen LogP contribution in [0.4, 0.5) is 10.1 Å². The van der Waals surface area contributed by atoms with Gasteiger partial charge >= 0.3 is 0 Å². The van der Waals surface area contributed by atoms with E-state index in [2.05, 4.69) is 5.32 Å². The van der Waals surface area contributed by atoms with E-state index < -0.39 is 0 Å². The Balaban J connectivity index is 2.02. The fourth-order valence-electron chi connectivity index (χ4n) is 1.23. The standard InChI is InChI=1S/C11H9ClFNS/c12-11-6-5-8(15-11)7-14-10-4-2-1-3-9(10)13/h1-6,14H,7H2. The number of hydrogen-bond donors (Lipinski definition) is 1. The van der Waals surface area contributed by atoms with Gasteiger partial charge in [0.05, 0.1) is 10.0 Å². The predicted octanol–water partition coefficient (Wildman–Crippen LogP) is 4.15. The number of para-hydroxylation sites is 1. The van der Waals surface area contributed by atoms with Crippen molar-refractivity contribution in [3.05, 3.63) is 51.4 Å². The molecule has 0 atom stereocenters. The summed E-state index contributed by atoms with van der Waals surface area (Å²) >= 11 is 7.28. The van der Waals surface area contributed by atoms with Crippen LogP contribution in [0.5, 0.6) is 0 Å². The van der Waals surface area contributed by atoms with Crippen LogP contribution in [0.1, 0.15) is 4.88 Å². The molecule has 1 aromatic carbocycles. The number of nitrogens with one attached hydrogen (secondary N) is 1. The minimum Gasteiger partial charge on any atom is -0.378 e. The summed E-state index contributed by atoms with van der Waals surface area (Å²) in [6.07, 6.45) is 0. The molecule has 0 fully saturated rings. The van der Waals surface area contributed by atoms with Crippen molar-refractivity contribution in [3.63, 3.8) is 0 Å². The molecule has 0 amide bonds. The smallest absolute Gasteiger partial charge is 0.146 e. The molecule has 1 heterocycles. The fraction of sp³-hybridized carbons (Fsp3) is 0.0909. The molecular formula is C11H9ClFNS. The SMILES string of the molecule is Fc1ccccc1NCc1ccc(Cl)s1. The number of thiophene rings is 1. The van der Waals surface area contributed by atoms with Crippen molar-refractivity contribution >= 4 is 28.6 Å². The molecule has 78 valence electrons. The average Bonchev–Trinajstić information content (AvgIpc) is 2.63. The monoisotopic (exact) mass is 241 g/mol. The first-order valence-corrected chi connectivity index (χ1v) is 5.68. The van der Waals surface area contributed by atoms with E-state index in [4.69, 9.17) is 11.6 Å². The average molecular weight is 242 g/mol. The van der Waals surface area contributed by atoms with Crippen molar-refractivity contribution < 1.29 is 4.39 Å². The lowest BCUT2D eigenvalue weighted by Crippen LogP contribution is -1.99. The van der Waals surface area contributed by atoms with Crippen LogP contribution in [0.25, 0.3) is 0 Å². The first-order chi connectivity index (χ1) is 7.25. The lowest BCUT2D eigenvalue weighted by molar-refractivity contribution is 0.630. The van der Waals surface area contributed by atoms with Gasteiger partial charge in [-0.25, -0.2) is 4.39 Å². The number of benzene rings is 1. The van der Waals surface area contributed by atoms with E-state index >= 15 is 0 Å². The van der Waals surface area contributed by atoms with Gasteiger partial charge in [-0.15, -0.1) is 11.3 Å². The van der Waals surface area contributed by atoms with Gasteiger partial charge in [-0.1, -0.05) is 23.7 Å². The van der Waals surface area contributed by atoms with Crippen LogP contribution in [-0.4, -0.2) is 0 Å². The molecule has 1 nitrogen and oxygen atoms in total. The van der Waals surface area contributed by atoms with E-state index in [1.807, 2.05) is 12.1 Å². The van der Waals surface area contributed by atoms with E-state index in [9.17, 15) is 4.39 Å². The van der Waals surface area contributed by atoms with Gasteiger partial charge in [0.2, 0.25) is 0 Å². The molecule has 15 heavy (non-hydrogen) atoms. The van der Waals surface area contributed by atoms with Crippen molar-refractivity contribution in [2.75, 3.05) is 5.32 Å². The van der Waals surface area contributed by atoms with Crippen molar-refractivity contribution in [2.24, 2.45) is 0 Å². The van der Waals surface area contributed by atoms with Gasteiger partial charge in [-0.2, -0.15) is 0 Å². The summed E-state index contributed by atoms with van der Waals surface area (Å²) in [6, 6.07) is 10.4. The van der Waals surface area contributed by atoms with Crippen molar-refractivity contribution in [3.8, 4) is 0 Å². The Bertz CT molecular complexity index is 455. The van der Waals surface area contributed by atoms with Crippen LogP contribution in [0.3, 0.4) is 0 Å². The van der Waals surface area contributed by atoms with E-state index in [0.29, 0.717) is 12.2 Å². The van der Waals surface area contributed by atoms with Crippen LogP contribution in [0.15, 0.2) is 36.4 Å². The first-order valence-electron chi connectivity index (χ1n) is 4.48. The van der Waals surface area contributed by atoms with E-state index in [-0.39, 0.29) is 5.82 Å². The van der Waals surface area contributed by atoms with Crippen molar-refractivity contribution in [2.45, 2.75) is 6.54 Å². The van der Waals surface area contributed by atoms with E-state index in [1.165, 1.54) is 17.4 Å².